The molecule has 0 bridgehead atoms. The van der Waals surface area contributed by atoms with Gasteiger partial charge in [-0.1, -0.05) is 0 Å². The van der Waals surface area contributed by atoms with Crippen LogP contribution < -0.4 is 11.1 Å². The van der Waals surface area contributed by atoms with Gasteiger partial charge in [-0.05, 0) is 12.1 Å². The van der Waals surface area contributed by atoms with Crippen molar-refractivity contribution in [1.82, 2.24) is 14.8 Å². The maximum absolute atomic E-state index is 11.7. The van der Waals surface area contributed by atoms with E-state index >= 15 is 0 Å². The summed E-state index contributed by atoms with van der Waals surface area (Å²) in [4.78, 5) is 15.7. The third-order valence-electron chi connectivity index (χ3n) is 2.08. The zero-order chi connectivity index (χ0) is 11.5. The SMILES string of the molecule is Cn1nccc1NC(=O)c1cc(N)ccn1. The molecule has 0 spiro atoms. The lowest BCUT2D eigenvalue weighted by Gasteiger charge is -2.04. The summed E-state index contributed by atoms with van der Waals surface area (Å²) in [6, 6.07) is 4.84. The molecule has 6 heteroatoms. The van der Waals surface area contributed by atoms with Crippen molar-refractivity contribution in [2.45, 2.75) is 0 Å². The van der Waals surface area contributed by atoms with E-state index in [0.29, 0.717) is 11.5 Å². The Hall–Kier alpha value is -2.37. The van der Waals surface area contributed by atoms with Gasteiger partial charge in [0, 0.05) is 25.0 Å². The number of amides is 1. The maximum Gasteiger partial charge on any atom is 0.275 e. The number of aromatic nitrogens is 3. The predicted octanol–water partition coefficient (Wildman–Crippen LogP) is 0.650. The molecule has 2 aromatic heterocycles. The van der Waals surface area contributed by atoms with Crippen molar-refractivity contribution in [3.63, 3.8) is 0 Å². The summed E-state index contributed by atoms with van der Waals surface area (Å²) in [7, 11) is 1.74. The van der Waals surface area contributed by atoms with Crippen molar-refractivity contribution in [2.75, 3.05) is 11.1 Å². The van der Waals surface area contributed by atoms with Gasteiger partial charge >= 0.3 is 0 Å². The maximum atomic E-state index is 11.7. The molecule has 0 saturated carbocycles. The first-order valence-electron chi connectivity index (χ1n) is 4.67. The number of nitrogens with zero attached hydrogens (tertiary/aromatic N) is 3. The summed E-state index contributed by atoms with van der Waals surface area (Å²) in [5.74, 6) is 0.296. The minimum absolute atomic E-state index is 0.279. The topological polar surface area (TPSA) is 85.8 Å². The van der Waals surface area contributed by atoms with Crippen molar-refractivity contribution in [1.29, 1.82) is 0 Å². The van der Waals surface area contributed by atoms with E-state index in [1.54, 1.807) is 30.1 Å². The molecule has 2 aromatic rings. The molecule has 2 rings (SSSR count). The second-order valence-electron chi connectivity index (χ2n) is 3.27. The van der Waals surface area contributed by atoms with Gasteiger partial charge in [0.2, 0.25) is 0 Å². The molecule has 1 amide bonds. The van der Waals surface area contributed by atoms with Crippen LogP contribution in [0.4, 0.5) is 11.5 Å². The number of carbonyl (C=O) groups is 1. The predicted molar refractivity (Wildman–Crippen MR) is 59.8 cm³/mol. The van der Waals surface area contributed by atoms with E-state index in [1.165, 1.54) is 12.3 Å². The first-order valence-corrected chi connectivity index (χ1v) is 4.67. The summed E-state index contributed by atoms with van der Waals surface area (Å²) in [6.45, 7) is 0. The molecule has 0 aliphatic carbocycles. The van der Waals surface area contributed by atoms with E-state index in [0.717, 1.165) is 0 Å². The Balaban J connectivity index is 2.18. The average Bonchev–Trinajstić information content (AvgIpc) is 2.64. The normalized spacial score (nSPS) is 10.1. The number of nitrogens with one attached hydrogen (secondary N) is 1. The van der Waals surface area contributed by atoms with Crippen LogP contribution in [0.3, 0.4) is 0 Å². The standard InChI is InChI=1S/C10H11N5O/c1-15-9(3-5-13-15)14-10(16)8-6-7(11)2-4-12-8/h2-6H,1H3,(H2,11,12)(H,14,16). The van der Waals surface area contributed by atoms with E-state index in [1.807, 2.05) is 0 Å². The molecule has 6 nitrogen and oxygen atoms in total. The first-order chi connectivity index (χ1) is 7.66. The molecule has 2 heterocycles. The van der Waals surface area contributed by atoms with E-state index in [4.69, 9.17) is 5.73 Å². The van der Waals surface area contributed by atoms with Gasteiger partial charge in [-0.3, -0.25) is 14.5 Å². The van der Waals surface area contributed by atoms with Gasteiger partial charge in [0.05, 0.1) is 6.20 Å². The fraction of sp³-hybridized carbons (Fsp3) is 0.100. The van der Waals surface area contributed by atoms with Crippen molar-refractivity contribution in [3.05, 3.63) is 36.3 Å². The molecule has 0 atom stereocenters. The van der Waals surface area contributed by atoms with Crippen LogP contribution in [0.25, 0.3) is 0 Å². The van der Waals surface area contributed by atoms with E-state index in [-0.39, 0.29) is 11.6 Å². The Kier molecular flexibility index (Phi) is 2.55. The van der Waals surface area contributed by atoms with Crippen molar-refractivity contribution in [2.24, 2.45) is 7.05 Å². The molecule has 0 aliphatic heterocycles. The van der Waals surface area contributed by atoms with Crippen LogP contribution in [-0.2, 0) is 7.05 Å². The van der Waals surface area contributed by atoms with Crippen LogP contribution in [0.1, 0.15) is 10.5 Å². The number of pyridine rings is 1. The Bertz CT molecular complexity index is 519. The Morgan fingerprint density at radius 3 is 2.88 bits per heavy atom. The summed E-state index contributed by atoms with van der Waals surface area (Å²) in [5, 5.41) is 6.61. The summed E-state index contributed by atoms with van der Waals surface area (Å²) in [6.07, 6.45) is 3.09. The van der Waals surface area contributed by atoms with Crippen molar-refractivity contribution in [3.8, 4) is 0 Å². The fourth-order valence-corrected chi connectivity index (χ4v) is 1.25. The lowest BCUT2D eigenvalue weighted by Crippen LogP contribution is -2.16. The number of aryl methyl sites for hydroxylation is 1. The molecule has 0 aliphatic rings. The smallest absolute Gasteiger partial charge is 0.275 e. The third kappa shape index (κ3) is 2.00. The molecule has 0 aromatic carbocycles. The Labute approximate surface area is 92.1 Å². The zero-order valence-electron chi connectivity index (χ0n) is 8.71. The average molecular weight is 217 g/mol. The minimum Gasteiger partial charge on any atom is -0.399 e. The molecule has 0 fully saturated rings. The van der Waals surface area contributed by atoms with Crippen LogP contribution in [0, 0.1) is 0 Å². The third-order valence-corrected chi connectivity index (χ3v) is 2.08. The molecule has 82 valence electrons. The van der Waals surface area contributed by atoms with Gasteiger partial charge in [-0.25, -0.2) is 0 Å². The summed E-state index contributed by atoms with van der Waals surface area (Å²) >= 11 is 0. The Morgan fingerprint density at radius 2 is 2.25 bits per heavy atom. The summed E-state index contributed by atoms with van der Waals surface area (Å²) < 4.78 is 1.56. The molecular formula is C10H11N5O. The van der Waals surface area contributed by atoms with E-state index in [2.05, 4.69) is 15.4 Å². The highest BCUT2D eigenvalue weighted by atomic mass is 16.2. The first kappa shape index (κ1) is 10.2. The molecule has 0 unspecified atom stereocenters. The van der Waals surface area contributed by atoms with Gasteiger partial charge in [-0.2, -0.15) is 5.10 Å². The number of anilines is 2. The summed E-state index contributed by atoms with van der Waals surface area (Å²) in [5.41, 5.74) is 6.35. The van der Waals surface area contributed by atoms with E-state index in [9.17, 15) is 4.79 Å². The van der Waals surface area contributed by atoms with Gasteiger partial charge < -0.3 is 11.1 Å². The highest BCUT2D eigenvalue weighted by Crippen LogP contribution is 2.08. The van der Waals surface area contributed by atoms with Gasteiger partial charge in [-0.15, -0.1) is 0 Å². The molecule has 16 heavy (non-hydrogen) atoms. The monoisotopic (exact) mass is 217 g/mol. The minimum atomic E-state index is -0.309. The number of rotatable bonds is 2. The second-order valence-corrected chi connectivity index (χ2v) is 3.27. The largest absolute Gasteiger partial charge is 0.399 e. The van der Waals surface area contributed by atoms with Crippen LogP contribution in [0.15, 0.2) is 30.6 Å². The van der Waals surface area contributed by atoms with Crippen molar-refractivity contribution >= 4 is 17.4 Å². The van der Waals surface area contributed by atoms with Crippen LogP contribution in [0.2, 0.25) is 0 Å². The number of nitrogen functional groups attached to an aromatic ring is 1. The zero-order valence-corrected chi connectivity index (χ0v) is 8.71. The van der Waals surface area contributed by atoms with Gasteiger partial charge in [0.25, 0.3) is 5.91 Å². The highest BCUT2D eigenvalue weighted by Gasteiger charge is 2.09. The highest BCUT2D eigenvalue weighted by molar-refractivity contribution is 6.02. The van der Waals surface area contributed by atoms with E-state index < -0.39 is 0 Å². The number of nitrogens with two attached hydrogens (primary N) is 1. The molecule has 0 saturated heterocycles. The van der Waals surface area contributed by atoms with Crippen molar-refractivity contribution < 1.29 is 4.79 Å². The Morgan fingerprint density at radius 1 is 1.44 bits per heavy atom. The van der Waals surface area contributed by atoms with Crippen LogP contribution in [-0.4, -0.2) is 20.7 Å². The van der Waals surface area contributed by atoms with Crippen LogP contribution >= 0.6 is 0 Å². The van der Waals surface area contributed by atoms with Gasteiger partial charge in [0.15, 0.2) is 0 Å². The lowest BCUT2D eigenvalue weighted by molar-refractivity contribution is 0.102. The molecule has 3 N–H and O–H groups in total. The van der Waals surface area contributed by atoms with Gasteiger partial charge in [0.1, 0.15) is 11.5 Å². The lowest BCUT2D eigenvalue weighted by atomic mass is 10.3. The number of carbonyl (C=O) groups excluding carboxylic acids is 1. The molecule has 0 radical (unpaired) electrons. The quantitative estimate of drug-likeness (QED) is 0.773. The number of hydrogen-bond acceptors (Lipinski definition) is 4. The second kappa shape index (κ2) is 4.01. The molecular weight excluding hydrogens is 206 g/mol. The number of hydrogen-bond donors (Lipinski definition) is 2. The van der Waals surface area contributed by atoms with Crippen LogP contribution in [0.5, 0.6) is 0 Å². The fourth-order valence-electron chi connectivity index (χ4n) is 1.25.